The zero-order valence-corrected chi connectivity index (χ0v) is 10.7. The summed E-state index contributed by atoms with van der Waals surface area (Å²) in [5.74, 6) is -0.224. The third-order valence-electron chi connectivity index (χ3n) is 3.09. The van der Waals surface area contributed by atoms with Gasteiger partial charge in [-0.3, -0.25) is 9.69 Å². The third-order valence-corrected chi connectivity index (χ3v) is 3.09. The average Bonchev–Trinajstić information content (AvgIpc) is 2.15. The predicted octanol–water partition coefficient (Wildman–Crippen LogP) is 2.61. The summed E-state index contributed by atoms with van der Waals surface area (Å²) < 4.78 is 0. The van der Waals surface area contributed by atoms with E-state index in [0.717, 1.165) is 12.8 Å². The third kappa shape index (κ3) is 4.65. The molecule has 0 saturated heterocycles. The Morgan fingerprint density at radius 2 is 1.73 bits per heavy atom. The Morgan fingerprint density at radius 3 is 2.00 bits per heavy atom. The second-order valence-corrected chi connectivity index (χ2v) is 4.54. The van der Waals surface area contributed by atoms with Crippen molar-refractivity contribution in [2.75, 3.05) is 6.54 Å². The summed E-state index contributed by atoms with van der Waals surface area (Å²) in [5, 5.41) is 8.91. The number of carbonyl (C=O) groups is 1. The molecule has 0 aliphatic rings. The fourth-order valence-electron chi connectivity index (χ4n) is 2.08. The molecule has 0 aromatic carbocycles. The lowest BCUT2D eigenvalue weighted by atomic mass is 9.97. The Balaban J connectivity index is 4.64. The highest BCUT2D eigenvalue weighted by Crippen LogP contribution is 2.18. The van der Waals surface area contributed by atoms with E-state index in [1.807, 2.05) is 0 Å². The molecule has 15 heavy (non-hydrogen) atoms. The lowest BCUT2D eigenvalue weighted by Crippen LogP contribution is -2.46. The summed E-state index contributed by atoms with van der Waals surface area (Å²) in [5.41, 5.74) is 0. The maximum Gasteiger partial charge on any atom is 0.317 e. The Kier molecular flexibility index (Phi) is 6.57. The minimum atomic E-state index is -0.727. The van der Waals surface area contributed by atoms with Gasteiger partial charge in [0.2, 0.25) is 0 Å². The van der Waals surface area contributed by atoms with Crippen molar-refractivity contribution in [2.24, 2.45) is 5.92 Å². The van der Waals surface area contributed by atoms with Crippen molar-refractivity contribution in [3.63, 3.8) is 0 Å². The maximum atomic E-state index is 10.8. The van der Waals surface area contributed by atoms with Gasteiger partial charge >= 0.3 is 5.97 Å². The zero-order chi connectivity index (χ0) is 12.0. The highest BCUT2D eigenvalue weighted by Gasteiger charge is 2.25. The topological polar surface area (TPSA) is 40.5 Å². The predicted molar refractivity (Wildman–Crippen MR) is 63.0 cm³/mol. The van der Waals surface area contributed by atoms with Gasteiger partial charge in [-0.05, 0) is 25.7 Å². The van der Waals surface area contributed by atoms with E-state index < -0.39 is 5.97 Å². The van der Waals surface area contributed by atoms with Crippen LogP contribution in [0.3, 0.4) is 0 Å². The molecular weight excluding hydrogens is 190 g/mol. The molecule has 0 aliphatic carbocycles. The summed E-state index contributed by atoms with van der Waals surface area (Å²) in [6.45, 7) is 10.8. The number of nitrogens with zero attached hydrogens (tertiary/aromatic N) is 1. The molecule has 0 aromatic heterocycles. The standard InChI is InChI=1S/C12H25NO2/c1-6-10(5)13(8-12(14)15)11(7-2)9(3)4/h9-11H,6-8H2,1-5H3,(H,14,15). The van der Waals surface area contributed by atoms with E-state index in [-0.39, 0.29) is 6.54 Å². The van der Waals surface area contributed by atoms with Crippen LogP contribution in [0.25, 0.3) is 0 Å². The van der Waals surface area contributed by atoms with E-state index in [2.05, 4.69) is 39.5 Å². The van der Waals surface area contributed by atoms with Crippen LogP contribution < -0.4 is 0 Å². The maximum absolute atomic E-state index is 10.8. The van der Waals surface area contributed by atoms with E-state index in [4.69, 9.17) is 5.11 Å². The van der Waals surface area contributed by atoms with Crippen LogP contribution in [0, 0.1) is 5.92 Å². The van der Waals surface area contributed by atoms with Gasteiger partial charge in [-0.2, -0.15) is 0 Å². The van der Waals surface area contributed by atoms with Crippen LogP contribution in [0.15, 0.2) is 0 Å². The second-order valence-electron chi connectivity index (χ2n) is 4.54. The highest BCUT2D eigenvalue weighted by atomic mass is 16.4. The molecule has 0 fully saturated rings. The van der Waals surface area contributed by atoms with Crippen LogP contribution in [0.4, 0.5) is 0 Å². The molecule has 0 amide bonds. The largest absolute Gasteiger partial charge is 0.480 e. The SMILES string of the molecule is CCC(C)N(CC(=O)O)C(CC)C(C)C. The van der Waals surface area contributed by atoms with Crippen molar-refractivity contribution >= 4 is 5.97 Å². The summed E-state index contributed by atoms with van der Waals surface area (Å²) in [6, 6.07) is 0.712. The van der Waals surface area contributed by atoms with Crippen LogP contribution in [0.2, 0.25) is 0 Å². The van der Waals surface area contributed by atoms with Gasteiger partial charge in [0.15, 0.2) is 0 Å². The average molecular weight is 215 g/mol. The zero-order valence-electron chi connectivity index (χ0n) is 10.7. The van der Waals surface area contributed by atoms with Crippen molar-refractivity contribution < 1.29 is 9.90 Å². The molecule has 0 saturated carbocycles. The van der Waals surface area contributed by atoms with Crippen molar-refractivity contribution in [3.05, 3.63) is 0 Å². The summed E-state index contributed by atoms with van der Waals surface area (Å²) >= 11 is 0. The lowest BCUT2D eigenvalue weighted by molar-refractivity contribution is -0.140. The first kappa shape index (κ1) is 14.4. The molecule has 1 N–H and O–H groups in total. The van der Waals surface area contributed by atoms with Crippen molar-refractivity contribution in [1.82, 2.24) is 4.90 Å². The Bertz CT molecular complexity index is 192. The first-order valence-electron chi connectivity index (χ1n) is 5.91. The number of rotatable bonds is 7. The van der Waals surface area contributed by atoms with Crippen LogP contribution in [0.1, 0.15) is 47.5 Å². The lowest BCUT2D eigenvalue weighted by Gasteiger charge is -2.36. The van der Waals surface area contributed by atoms with Crippen molar-refractivity contribution in [3.8, 4) is 0 Å². The molecule has 2 atom stereocenters. The highest BCUT2D eigenvalue weighted by molar-refractivity contribution is 5.69. The molecule has 0 aliphatic heterocycles. The Hall–Kier alpha value is -0.570. The molecule has 0 rings (SSSR count). The number of carboxylic acid groups (broad SMARTS) is 1. The molecule has 2 unspecified atom stereocenters. The van der Waals surface area contributed by atoms with Gasteiger partial charge in [-0.25, -0.2) is 0 Å². The van der Waals surface area contributed by atoms with Gasteiger partial charge in [0.05, 0.1) is 6.54 Å². The van der Waals surface area contributed by atoms with E-state index in [1.54, 1.807) is 0 Å². The van der Waals surface area contributed by atoms with Gasteiger partial charge in [-0.15, -0.1) is 0 Å². The molecule has 3 nitrogen and oxygen atoms in total. The first-order valence-corrected chi connectivity index (χ1v) is 5.91. The normalized spacial score (nSPS) is 15.7. The van der Waals surface area contributed by atoms with E-state index in [9.17, 15) is 4.79 Å². The van der Waals surface area contributed by atoms with Crippen molar-refractivity contribution in [1.29, 1.82) is 0 Å². The summed E-state index contributed by atoms with van der Waals surface area (Å²) in [7, 11) is 0. The minimum Gasteiger partial charge on any atom is -0.480 e. The quantitative estimate of drug-likeness (QED) is 0.709. The Morgan fingerprint density at radius 1 is 1.20 bits per heavy atom. The van der Waals surface area contributed by atoms with Crippen molar-refractivity contribution in [2.45, 2.75) is 59.5 Å². The monoisotopic (exact) mass is 215 g/mol. The van der Waals surface area contributed by atoms with Crippen LogP contribution in [-0.4, -0.2) is 34.6 Å². The van der Waals surface area contributed by atoms with Crippen LogP contribution >= 0.6 is 0 Å². The molecule has 3 heteroatoms. The van der Waals surface area contributed by atoms with E-state index in [0.29, 0.717) is 18.0 Å². The fourth-order valence-corrected chi connectivity index (χ4v) is 2.08. The minimum absolute atomic E-state index is 0.158. The number of carboxylic acids is 1. The number of aliphatic carboxylic acids is 1. The van der Waals surface area contributed by atoms with Gasteiger partial charge in [0.1, 0.15) is 0 Å². The van der Waals surface area contributed by atoms with Crippen LogP contribution in [0.5, 0.6) is 0 Å². The molecule has 0 bridgehead atoms. The smallest absolute Gasteiger partial charge is 0.317 e. The molecule has 90 valence electrons. The molecule has 0 heterocycles. The molecule has 0 aromatic rings. The molecular formula is C12H25NO2. The van der Waals surface area contributed by atoms with E-state index in [1.165, 1.54) is 0 Å². The fraction of sp³-hybridized carbons (Fsp3) is 0.917. The number of hydrogen-bond acceptors (Lipinski definition) is 2. The van der Waals surface area contributed by atoms with Gasteiger partial charge in [0.25, 0.3) is 0 Å². The van der Waals surface area contributed by atoms with Gasteiger partial charge in [-0.1, -0.05) is 27.7 Å². The molecule has 0 spiro atoms. The summed E-state index contributed by atoms with van der Waals surface area (Å²) in [4.78, 5) is 12.9. The van der Waals surface area contributed by atoms with E-state index >= 15 is 0 Å². The van der Waals surface area contributed by atoms with Crippen LogP contribution in [-0.2, 0) is 4.79 Å². The van der Waals surface area contributed by atoms with Gasteiger partial charge in [0, 0.05) is 12.1 Å². The Labute approximate surface area is 93.5 Å². The summed E-state index contributed by atoms with van der Waals surface area (Å²) in [6.07, 6.45) is 2.01. The molecule has 0 radical (unpaired) electrons. The van der Waals surface area contributed by atoms with Gasteiger partial charge < -0.3 is 5.11 Å². The second kappa shape index (κ2) is 6.83. The number of hydrogen-bond donors (Lipinski definition) is 1. The first-order chi connectivity index (χ1) is 6.93.